The number of ether oxygens (including phenoxy) is 1. The molecule has 0 aromatic heterocycles. The number of nitro benzene ring substituents is 2. The Morgan fingerprint density at radius 3 is 2.42 bits per heavy atom. The number of esters is 1. The summed E-state index contributed by atoms with van der Waals surface area (Å²) in [4.78, 5) is 31.6. The predicted molar refractivity (Wildman–Crippen MR) is 64.8 cm³/mol. The molecule has 0 saturated heterocycles. The van der Waals surface area contributed by atoms with Crippen LogP contribution in [0, 0.1) is 20.2 Å². The Balaban J connectivity index is 3.23. The number of hydrogen-bond acceptors (Lipinski definition) is 6. The van der Waals surface area contributed by atoms with E-state index in [0.29, 0.717) is 0 Å². The van der Waals surface area contributed by atoms with Gasteiger partial charge in [-0.15, -0.1) is 0 Å². The van der Waals surface area contributed by atoms with Crippen LogP contribution in [0.5, 0.6) is 0 Å². The molecular formula is C11H12N2O6. The highest BCUT2D eigenvalue weighted by atomic mass is 16.6. The van der Waals surface area contributed by atoms with Gasteiger partial charge in [0.1, 0.15) is 0 Å². The van der Waals surface area contributed by atoms with Crippen LogP contribution in [0.1, 0.15) is 25.3 Å². The standard InChI is InChI=1S/C11H12N2O6/c1-3-19-11(14)7(2)9-5-4-8(12(15)16)6-10(9)13(17)18/h4-7H,3H2,1-2H3. The fourth-order valence-corrected chi connectivity index (χ4v) is 1.56. The zero-order valence-electron chi connectivity index (χ0n) is 10.4. The van der Waals surface area contributed by atoms with Gasteiger partial charge in [-0.2, -0.15) is 0 Å². The zero-order valence-corrected chi connectivity index (χ0v) is 10.4. The molecule has 1 aromatic carbocycles. The first-order chi connectivity index (χ1) is 8.88. The Morgan fingerprint density at radius 1 is 1.32 bits per heavy atom. The molecule has 1 atom stereocenters. The first-order valence-electron chi connectivity index (χ1n) is 5.47. The van der Waals surface area contributed by atoms with Crippen molar-refractivity contribution in [1.29, 1.82) is 0 Å². The number of benzene rings is 1. The third-order valence-electron chi connectivity index (χ3n) is 2.53. The molecule has 0 N–H and O–H groups in total. The van der Waals surface area contributed by atoms with E-state index in [1.165, 1.54) is 13.0 Å². The second kappa shape index (κ2) is 5.89. The van der Waals surface area contributed by atoms with Gasteiger partial charge >= 0.3 is 5.97 Å². The van der Waals surface area contributed by atoms with E-state index in [9.17, 15) is 25.0 Å². The number of hydrogen-bond donors (Lipinski definition) is 0. The van der Waals surface area contributed by atoms with Crippen molar-refractivity contribution >= 4 is 17.3 Å². The van der Waals surface area contributed by atoms with E-state index < -0.39 is 33.1 Å². The molecule has 0 fully saturated rings. The molecule has 0 radical (unpaired) electrons. The summed E-state index contributed by atoms with van der Waals surface area (Å²) in [6.07, 6.45) is 0. The van der Waals surface area contributed by atoms with E-state index in [2.05, 4.69) is 0 Å². The van der Waals surface area contributed by atoms with E-state index in [0.717, 1.165) is 12.1 Å². The number of carbonyl (C=O) groups is 1. The minimum atomic E-state index is -0.860. The number of nitro groups is 2. The molecule has 1 aromatic rings. The van der Waals surface area contributed by atoms with Crippen molar-refractivity contribution < 1.29 is 19.4 Å². The van der Waals surface area contributed by atoms with Crippen molar-refractivity contribution in [3.8, 4) is 0 Å². The lowest BCUT2D eigenvalue weighted by Gasteiger charge is -2.10. The Kier molecular flexibility index (Phi) is 4.51. The Morgan fingerprint density at radius 2 is 1.95 bits per heavy atom. The molecular weight excluding hydrogens is 256 g/mol. The van der Waals surface area contributed by atoms with Gasteiger partial charge in [-0.3, -0.25) is 25.0 Å². The first kappa shape index (κ1) is 14.6. The number of non-ortho nitro benzene ring substituents is 1. The van der Waals surface area contributed by atoms with E-state index in [1.807, 2.05) is 0 Å². The molecule has 0 spiro atoms. The van der Waals surface area contributed by atoms with Crippen molar-refractivity contribution in [2.24, 2.45) is 0 Å². The fraction of sp³-hybridized carbons (Fsp3) is 0.364. The van der Waals surface area contributed by atoms with E-state index >= 15 is 0 Å². The summed E-state index contributed by atoms with van der Waals surface area (Å²) in [5.74, 6) is -1.47. The Labute approximate surface area is 108 Å². The van der Waals surface area contributed by atoms with Crippen LogP contribution in [-0.2, 0) is 9.53 Å². The third-order valence-corrected chi connectivity index (χ3v) is 2.53. The smallest absolute Gasteiger partial charge is 0.313 e. The maximum atomic E-state index is 11.6. The maximum absolute atomic E-state index is 11.6. The molecule has 1 rings (SSSR count). The first-order valence-corrected chi connectivity index (χ1v) is 5.47. The summed E-state index contributed by atoms with van der Waals surface area (Å²) >= 11 is 0. The Bertz CT molecular complexity index is 528. The number of rotatable bonds is 5. The van der Waals surface area contributed by atoms with Crippen molar-refractivity contribution in [3.05, 3.63) is 44.0 Å². The largest absolute Gasteiger partial charge is 0.466 e. The van der Waals surface area contributed by atoms with Crippen molar-refractivity contribution in [2.45, 2.75) is 19.8 Å². The summed E-state index contributed by atoms with van der Waals surface area (Å²) in [7, 11) is 0. The topological polar surface area (TPSA) is 113 Å². The third kappa shape index (κ3) is 3.24. The summed E-state index contributed by atoms with van der Waals surface area (Å²) < 4.78 is 4.78. The van der Waals surface area contributed by atoms with Crippen LogP contribution in [0.25, 0.3) is 0 Å². The highest BCUT2D eigenvalue weighted by Gasteiger charge is 2.27. The van der Waals surface area contributed by atoms with Gasteiger partial charge in [-0.05, 0) is 19.9 Å². The van der Waals surface area contributed by atoms with Gasteiger partial charge in [-0.25, -0.2) is 0 Å². The van der Waals surface area contributed by atoms with E-state index in [1.54, 1.807) is 6.92 Å². The van der Waals surface area contributed by atoms with Crippen LogP contribution >= 0.6 is 0 Å². The van der Waals surface area contributed by atoms with Crippen LogP contribution in [0.3, 0.4) is 0 Å². The average Bonchev–Trinajstić information content (AvgIpc) is 2.37. The highest BCUT2D eigenvalue weighted by Crippen LogP contribution is 2.30. The van der Waals surface area contributed by atoms with E-state index in [4.69, 9.17) is 4.74 Å². The summed E-state index contributed by atoms with van der Waals surface area (Å²) in [6.45, 7) is 3.23. The fourth-order valence-electron chi connectivity index (χ4n) is 1.56. The predicted octanol–water partition coefficient (Wildman–Crippen LogP) is 2.17. The molecule has 8 heteroatoms. The lowest BCUT2D eigenvalue weighted by atomic mass is 9.99. The van der Waals surface area contributed by atoms with Crippen LogP contribution in [0.2, 0.25) is 0 Å². The summed E-state index contributed by atoms with van der Waals surface area (Å²) in [6, 6.07) is 3.17. The second-order valence-electron chi connectivity index (χ2n) is 3.73. The van der Waals surface area contributed by atoms with Gasteiger partial charge in [0.15, 0.2) is 0 Å². The second-order valence-corrected chi connectivity index (χ2v) is 3.73. The van der Waals surface area contributed by atoms with Gasteiger partial charge in [0.2, 0.25) is 0 Å². The van der Waals surface area contributed by atoms with Crippen LogP contribution in [0.4, 0.5) is 11.4 Å². The summed E-state index contributed by atoms with van der Waals surface area (Å²) in [5.41, 5.74) is -0.768. The van der Waals surface area contributed by atoms with E-state index in [-0.39, 0.29) is 12.2 Å². The molecule has 0 bridgehead atoms. The average molecular weight is 268 g/mol. The molecule has 0 aliphatic rings. The molecule has 0 aliphatic heterocycles. The molecule has 0 amide bonds. The molecule has 0 saturated carbocycles. The highest BCUT2D eigenvalue weighted by molar-refractivity contribution is 5.79. The monoisotopic (exact) mass is 268 g/mol. The van der Waals surface area contributed by atoms with Crippen LogP contribution in [0.15, 0.2) is 18.2 Å². The quantitative estimate of drug-likeness (QED) is 0.459. The Hall–Kier alpha value is -2.51. The number of nitrogens with zero attached hydrogens (tertiary/aromatic N) is 2. The maximum Gasteiger partial charge on any atom is 0.313 e. The lowest BCUT2D eigenvalue weighted by Crippen LogP contribution is -2.14. The zero-order chi connectivity index (χ0) is 14.6. The number of carbonyl (C=O) groups excluding carboxylic acids is 1. The normalized spacial score (nSPS) is 11.7. The molecule has 1 unspecified atom stereocenters. The lowest BCUT2D eigenvalue weighted by molar-refractivity contribution is -0.394. The minimum absolute atomic E-state index is 0.0917. The molecule has 0 aliphatic carbocycles. The van der Waals surface area contributed by atoms with Crippen LogP contribution < -0.4 is 0 Å². The molecule has 19 heavy (non-hydrogen) atoms. The summed E-state index contributed by atoms with van der Waals surface area (Å²) in [5, 5.41) is 21.5. The van der Waals surface area contributed by atoms with Crippen molar-refractivity contribution in [2.75, 3.05) is 6.61 Å². The van der Waals surface area contributed by atoms with Crippen molar-refractivity contribution in [1.82, 2.24) is 0 Å². The minimum Gasteiger partial charge on any atom is -0.466 e. The van der Waals surface area contributed by atoms with Crippen molar-refractivity contribution in [3.63, 3.8) is 0 Å². The molecule has 102 valence electrons. The SMILES string of the molecule is CCOC(=O)C(C)c1ccc([N+](=O)[O-])cc1[N+](=O)[O-]. The van der Waals surface area contributed by atoms with Gasteiger partial charge < -0.3 is 4.74 Å². The van der Waals surface area contributed by atoms with Gasteiger partial charge in [0.05, 0.1) is 28.4 Å². The molecule has 0 heterocycles. The van der Waals surface area contributed by atoms with Gasteiger partial charge in [0.25, 0.3) is 11.4 Å². The van der Waals surface area contributed by atoms with Gasteiger partial charge in [-0.1, -0.05) is 0 Å². The molecule has 8 nitrogen and oxygen atoms in total. The van der Waals surface area contributed by atoms with Gasteiger partial charge in [0, 0.05) is 11.6 Å². The van der Waals surface area contributed by atoms with Crippen LogP contribution in [-0.4, -0.2) is 22.4 Å².